The van der Waals surface area contributed by atoms with E-state index >= 15 is 0 Å². The van der Waals surface area contributed by atoms with Crippen LogP contribution in [-0.2, 0) is 4.79 Å². The Balaban J connectivity index is 2.20. The van der Waals surface area contributed by atoms with Crippen LogP contribution in [0.4, 0.5) is 11.4 Å². The maximum Gasteiger partial charge on any atom is 0.273 e. The fraction of sp³-hybridized carbons (Fsp3) is 0.250. The molecule has 3 rings (SSSR count). The van der Waals surface area contributed by atoms with Gasteiger partial charge in [0, 0.05) is 11.2 Å². The number of hydrogen-bond donors (Lipinski definition) is 3. The van der Waals surface area contributed by atoms with Gasteiger partial charge >= 0.3 is 0 Å². The summed E-state index contributed by atoms with van der Waals surface area (Å²) in [6.07, 6.45) is 0. The Kier molecular flexibility index (Phi) is 7.21. The summed E-state index contributed by atoms with van der Waals surface area (Å²) in [5, 5.41) is 2.96. The fourth-order valence-electron chi connectivity index (χ4n) is 3.35. The molecule has 10 heteroatoms. The Morgan fingerprint density at radius 1 is 1.06 bits per heavy atom. The van der Waals surface area contributed by atoms with Crippen molar-refractivity contribution in [2.45, 2.75) is 32.4 Å². The normalized spacial score (nSPS) is 12.0. The Hall–Kier alpha value is -3.92. The molecule has 0 aliphatic rings. The standard InChI is InChI=1S/C24H27N5O4S/c1-24(2,3)27-22(31)19(14-10-12-16(33-4)13-11-14)29(15-8-6-5-7-9-15)23(32)20-17(25)18(21(26)30)28-34-20/h5-13,19H,25H2,1-4H3,(H2,26,30)(H,27,31). The number of carbonyl (C=O) groups is 3. The summed E-state index contributed by atoms with van der Waals surface area (Å²) in [5.74, 6) is -1.21. The van der Waals surface area contributed by atoms with E-state index in [4.69, 9.17) is 16.2 Å². The number of benzene rings is 2. The number of anilines is 2. The molecule has 9 nitrogen and oxygen atoms in total. The van der Waals surface area contributed by atoms with Gasteiger partial charge in [-0.1, -0.05) is 30.3 Å². The molecule has 1 heterocycles. The van der Waals surface area contributed by atoms with Gasteiger partial charge in [0.25, 0.3) is 11.8 Å². The van der Waals surface area contributed by atoms with E-state index in [0.717, 1.165) is 11.5 Å². The summed E-state index contributed by atoms with van der Waals surface area (Å²) in [4.78, 5) is 40.5. The highest BCUT2D eigenvalue weighted by atomic mass is 32.1. The minimum absolute atomic E-state index is 0.0136. The van der Waals surface area contributed by atoms with Gasteiger partial charge in [0.05, 0.1) is 12.8 Å². The van der Waals surface area contributed by atoms with Gasteiger partial charge < -0.3 is 21.5 Å². The van der Waals surface area contributed by atoms with Crippen LogP contribution in [0.25, 0.3) is 0 Å². The number of aromatic nitrogens is 1. The number of carbonyl (C=O) groups excluding carboxylic acids is 3. The Morgan fingerprint density at radius 2 is 1.68 bits per heavy atom. The number of nitrogen functional groups attached to an aromatic ring is 1. The van der Waals surface area contributed by atoms with Crippen molar-refractivity contribution in [1.82, 2.24) is 9.69 Å². The van der Waals surface area contributed by atoms with Crippen LogP contribution in [0.2, 0.25) is 0 Å². The number of para-hydroxylation sites is 1. The third-order valence-corrected chi connectivity index (χ3v) is 5.70. The molecule has 2 aromatic carbocycles. The van der Waals surface area contributed by atoms with Crippen LogP contribution < -0.4 is 26.4 Å². The first-order valence-electron chi connectivity index (χ1n) is 10.4. The van der Waals surface area contributed by atoms with Crippen molar-refractivity contribution in [2.75, 3.05) is 17.7 Å². The number of primary amides is 1. The molecule has 0 spiro atoms. The van der Waals surface area contributed by atoms with E-state index in [9.17, 15) is 14.4 Å². The van der Waals surface area contributed by atoms with E-state index in [1.54, 1.807) is 61.7 Å². The molecule has 3 aromatic rings. The van der Waals surface area contributed by atoms with Crippen LogP contribution in [0.3, 0.4) is 0 Å². The van der Waals surface area contributed by atoms with Gasteiger partial charge in [-0.3, -0.25) is 19.3 Å². The highest BCUT2D eigenvalue weighted by molar-refractivity contribution is 7.09. The molecule has 1 unspecified atom stereocenters. The van der Waals surface area contributed by atoms with Crippen molar-refractivity contribution in [3.05, 3.63) is 70.7 Å². The predicted molar refractivity (Wildman–Crippen MR) is 132 cm³/mol. The number of hydrogen-bond acceptors (Lipinski definition) is 7. The smallest absolute Gasteiger partial charge is 0.273 e. The van der Waals surface area contributed by atoms with Crippen LogP contribution >= 0.6 is 11.5 Å². The molecule has 0 fully saturated rings. The first-order chi connectivity index (χ1) is 16.0. The number of methoxy groups -OCH3 is 1. The second-order valence-corrected chi connectivity index (χ2v) is 9.34. The molecule has 0 bridgehead atoms. The average molecular weight is 482 g/mol. The molecule has 0 aliphatic heterocycles. The molecular weight excluding hydrogens is 454 g/mol. The highest BCUT2D eigenvalue weighted by Crippen LogP contribution is 2.33. The molecule has 1 atom stereocenters. The van der Waals surface area contributed by atoms with Crippen LogP contribution in [0.15, 0.2) is 54.6 Å². The lowest BCUT2D eigenvalue weighted by atomic mass is 10.00. The third kappa shape index (κ3) is 5.34. The van der Waals surface area contributed by atoms with Crippen molar-refractivity contribution in [3.63, 3.8) is 0 Å². The fourth-order valence-corrected chi connectivity index (χ4v) is 4.09. The van der Waals surface area contributed by atoms with Gasteiger partial charge in [-0.05, 0) is 62.1 Å². The summed E-state index contributed by atoms with van der Waals surface area (Å²) in [6, 6.07) is 14.6. The van der Waals surface area contributed by atoms with Gasteiger partial charge in [-0.15, -0.1) is 0 Å². The zero-order valence-electron chi connectivity index (χ0n) is 19.4. The summed E-state index contributed by atoms with van der Waals surface area (Å²) >= 11 is 0.760. The predicted octanol–water partition coefficient (Wildman–Crippen LogP) is 3.14. The lowest BCUT2D eigenvalue weighted by Gasteiger charge is -2.33. The van der Waals surface area contributed by atoms with Crippen molar-refractivity contribution < 1.29 is 19.1 Å². The Bertz CT molecular complexity index is 1190. The molecule has 1 aromatic heterocycles. The summed E-state index contributed by atoms with van der Waals surface area (Å²) in [6.45, 7) is 5.56. The van der Waals surface area contributed by atoms with Crippen LogP contribution in [-0.4, -0.2) is 34.7 Å². The van der Waals surface area contributed by atoms with Gasteiger partial charge in [-0.25, -0.2) is 0 Å². The minimum atomic E-state index is -1.06. The maximum atomic E-state index is 13.9. The van der Waals surface area contributed by atoms with Crippen molar-refractivity contribution >= 4 is 40.6 Å². The van der Waals surface area contributed by atoms with Gasteiger partial charge in [0.1, 0.15) is 16.7 Å². The maximum absolute atomic E-state index is 13.9. The van der Waals surface area contributed by atoms with E-state index in [-0.39, 0.29) is 16.3 Å². The SMILES string of the molecule is COc1ccc(C(C(=O)NC(C)(C)C)N(C(=O)c2snc(C(N)=O)c2N)c2ccccc2)cc1. The molecule has 0 aliphatic carbocycles. The molecule has 0 saturated carbocycles. The van der Waals surface area contributed by atoms with Crippen LogP contribution in [0.5, 0.6) is 5.75 Å². The average Bonchev–Trinajstić information content (AvgIpc) is 3.18. The second-order valence-electron chi connectivity index (χ2n) is 8.56. The van der Waals surface area contributed by atoms with Crippen molar-refractivity contribution in [3.8, 4) is 5.75 Å². The molecule has 3 amide bonds. The molecule has 0 radical (unpaired) electrons. The van der Waals surface area contributed by atoms with E-state index < -0.39 is 29.3 Å². The number of nitrogens with zero attached hydrogens (tertiary/aromatic N) is 2. The van der Waals surface area contributed by atoms with Gasteiger partial charge in [0.2, 0.25) is 5.91 Å². The van der Waals surface area contributed by atoms with Gasteiger partial charge in [-0.2, -0.15) is 4.37 Å². The van der Waals surface area contributed by atoms with Crippen LogP contribution in [0.1, 0.15) is 52.5 Å². The topological polar surface area (TPSA) is 141 Å². The second kappa shape index (κ2) is 9.92. The quantitative estimate of drug-likeness (QED) is 0.473. The van der Waals surface area contributed by atoms with Gasteiger partial charge in [0.15, 0.2) is 5.69 Å². The Morgan fingerprint density at radius 3 is 2.18 bits per heavy atom. The van der Waals surface area contributed by atoms with Crippen molar-refractivity contribution in [1.29, 1.82) is 0 Å². The first kappa shape index (κ1) is 24.7. The first-order valence-corrected chi connectivity index (χ1v) is 11.2. The molecular formula is C24H27N5O4S. The van der Waals surface area contributed by atoms with Crippen LogP contribution in [0, 0.1) is 0 Å². The largest absolute Gasteiger partial charge is 0.497 e. The summed E-state index contributed by atoms with van der Waals surface area (Å²) in [5.41, 5.74) is 11.6. The van der Waals surface area contributed by atoms with Crippen molar-refractivity contribution in [2.24, 2.45) is 5.73 Å². The Labute approximate surface area is 201 Å². The van der Waals surface area contributed by atoms with E-state index in [0.29, 0.717) is 17.0 Å². The number of ether oxygens (including phenoxy) is 1. The zero-order valence-corrected chi connectivity index (χ0v) is 20.2. The molecule has 5 N–H and O–H groups in total. The monoisotopic (exact) mass is 481 g/mol. The third-order valence-electron chi connectivity index (χ3n) is 4.85. The number of amides is 3. The number of nitrogens with one attached hydrogen (secondary N) is 1. The summed E-state index contributed by atoms with van der Waals surface area (Å²) in [7, 11) is 1.54. The highest BCUT2D eigenvalue weighted by Gasteiger charge is 2.37. The lowest BCUT2D eigenvalue weighted by molar-refractivity contribution is -0.123. The lowest BCUT2D eigenvalue weighted by Crippen LogP contribution is -2.49. The number of rotatable bonds is 7. The van der Waals surface area contributed by atoms with E-state index in [2.05, 4.69) is 9.69 Å². The summed E-state index contributed by atoms with van der Waals surface area (Å²) < 4.78 is 9.19. The minimum Gasteiger partial charge on any atom is -0.497 e. The van der Waals surface area contributed by atoms with E-state index in [1.165, 1.54) is 4.90 Å². The molecule has 34 heavy (non-hydrogen) atoms. The molecule has 178 valence electrons. The number of nitrogens with two attached hydrogens (primary N) is 2. The zero-order chi connectivity index (χ0) is 25.0. The van der Waals surface area contributed by atoms with E-state index in [1.807, 2.05) is 20.8 Å². The molecule has 0 saturated heterocycles.